The number of aliphatic imine (C=N–C) groups is 2. The number of amides is 2. The second-order valence-electron chi connectivity index (χ2n) is 12.9. The van der Waals surface area contributed by atoms with E-state index in [-0.39, 0.29) is 30.5 Å². The number of allylic oxidation sites excluding steroid dienone is 2. The predicted molar refractivity (Wildman–Crippen MR) is 208 cm³/mol. The molecule has 3 aromatic rings. The molecule has 54 heavy (non-hydrogen) atoms. The lowest BCUT2D eigenvalue weighted by atomic mass is 10.0. The molecule has 0 aliphatic carbocycles. The molecule has 12 nitrogen and oxygen atoms in total. The summed E-state index contributed by atoms with van der Waals surface area (Å²) in [6.45, 7) is 0.574. The highest BCUT2D eigenvalue weighted by Crippen LogP contribution is 2.40. The Labute approximate surface area is 313 Å². The van der Waals surface area contributed by atoms with Gasteiger partial charge in [0.05, 0.1) is 57.9 Å². The highest BCUT2D eigenvalue weighted by atomic mass is 16.5. The zero-order valence-electron chi connectivity index (χ0n) is 30.3. The van der Waals surface area contributed by atoms with Crippen molar-refractivity contribution in [3.8, 4) is 17.2 Å². The number of hydrogen-bond donors (Lipinski definition) is 1. The first-order valence-electron chi connectivity index (χ1n) is 17.6. The number of anilines is 1. The van der Waals surface area contributed by atoms with Crippen LogP contribution < -0.4 is 19.9 Å². The maximum absolute atomic E-state index is 13.7. The van der Waals surface area contributed by atoms with Gasteiger partial charge in [0.15, 0.2) is 23.0 Å². The maximum atomic E-state index is 13.7. The molecule has 0 saturated heterocycles. The standard InChI is InChI=1S/C42H41N5O7/c1-50-34-11-7-28(8-12-34)30-20-33-24-45-36-22-40(39(52-3)21-35(36)42(49)47(33)26-30)54-18-4-17-53-38-15-16-44-23-32-19-29(27-5-9-31(43)10-6-27)25-46(32)41(48)14-13-37(38)51-2/h5-16,21-26,32-33H,4,17-20,43H2,1-3H3/b14-13+,16-15+,38-37-,44-23?/t32-,33-/m0/s1. The van der Waals surface area contributed by atoms with E-state index in [1.807, 2.05) is 67.1 Å². The summed E-state index contributed by atoms with van der Waals surface area (Å²) in [5, 5.41) is 0. The predicted octanol–water partition coefficient (Wildman–Crippen LogP) is 6.70. The van der Waals surface area contributed by atoms with E-state index >= 15 is 0 Å². The minimum absolute atomic E-state index is 0.161. The van der Waals surface area contributed by atoms with Gasteiger partial charge >= 0.3 is 0 Å². The number of methoxy groups -OCH3 is 3. The zero-order valence-corrected chi connectivity index (χ0v) is 30.3. The van der Waals surface area contributed by atoms with E-state index in [9.17, 15) is 9.59 Å². The Balaban J connectivity index is 0.982. The van der Waals surface area contributed by atoms with Gasteiger partial charge in [-0.2, -0.15) is 0 Å². The monoisotopic (exact) mass is 727 g/mol. The Morgan fingerprint density at radius 3 is 2.11 bits per heavy atom. The summed E-state index contributed by atoms with van der Waals surface area (Å²) in [7, 11) is 4.69. The summed E-state index contributed by atoms with van der Waals surface area (Å²) in [5.74, 6) is 2.08. The maximum Gasteiger partial charge on any atom is 0.260 e. The summed E-state index contributed by atoms with van der Waals surface area (Å²) < 4.78 is 28.7. The molecule has 7 rings (SSSR count). The normalized spacial score (nSPS) is 21.5. The number of carbonyl (C=O) groups excluding carboxylic acids is 2. The first-order chi connectivity index (χ1) is 26.3. The molecule has 0 bridgehead atoms. The average Bonchev–Trinajstić information content (AvgIpc) is 3.80. The minimum Gasteiger partial charge on any atom is -0.497 e. The van der Waals surface area contributed by atoms with E-state index in [1.165, 1.54) is 20.3 Å². The van der Waals surface area contributed by atoms with Crippen LogP contribution in [0, 0.1) is 0 Å². The lowest BCUT2D eigenvalue weighted by Gasteiger charge is -2.19. The SMILES string of the molecule is COC1=C(OCCCOc2cc3c(cc2OC)C(=O)N2C=C(c4ccc(OC)cc4)C[C@H]2C=N3)/C=C/N=C[C@@H]2CC(c3ccc(N)cc3)=CN2C(=O)\C=C\1. The summed E-state index contributed by atoms with van der Waals surface area (Å²) in [6, 6.07) is 18.3. The van der Waals surface area contributed by atoms with Crippen LogP contribution in [0.3, 0.4) is 0 Å². The number of nitrogens with zero attached hydrogens (tertiary/aromatic N) is 4. The molecule has 12 heteroatoms. The molecule has 4 aliphatic rings. The third-order valence-electron chi connectivity index (χ3n) is 9.51. The van der Waals surface area contributed by atoms with E-state index in [1.54, 1.807) is 53.6 Å². The molecule has 3 aromatic carbocycles. The van der Waals surface area contributed by atoms with Gasteiger partial charge in [-0.15, -0.1) is 0 Å². The lowest BCUT2D eigenvalue weighted by molar-refractivity contribution is -0.123. The van der Waals surface area contributed by atoms with Gasteiger partial charge in [-0.1, -0.05) is 24.3 Å². The third kappa shape index (κ3) is 7.63. The van der Waals surface area contributed by atoms with Crippen LogP contribution in [0.1, 0.15) is 40.7 Å². The highest BCUT2D eigenvalue weighted by molar-refractivity contribution is 6.05. The fourth-order valence-corrected chi connectivity index (χ4v) is 6.63. The molecule has 276 valence electrons. The molecule has 0 aromatic heterocycles. The van der Waals surface area contributed by atoms with Crippen molar-refractivity contribution >= 4 is 46.8 Å². The van der Waals surface area contributed by atoms with Crippen molar-refractivity contribution < 1.29 is 33.3 Å². The van der Waals surface area contributed by atoms with Crippen LogP contribution >= 0.6 is 0 Å². The summed E-state index contributed by atoms with van der Waals surface area (Å²) in [5.41, 5.74) is 11.6. The van der Waals surface area contributed by atoms with E-state index in [4.69, 9.17) is 34.4 Å². The van der Waals surface area contributed by atoms with Crippen molar-refractivity contribution in [3.63, 3.8) is 0 Å². The molecule has 2 atom stereocenters. The molecule has 0 spiro atoms. The molecule has 0 saturated carbocycles. The minimum atomic E-state index is -0.245. The summed E-state index contributed by atoms with van der Waals surface area (Å²) >= 11 is 0. The number of fused-ring (bicyclic) bond motifs is 3. The summed E-state index contributed by atoms with van der Waals surface area (Å²) in [4.78, 5) is 39.6. The van der Waals surface area contributed by atoms with Gasteiger partial charge in [-0.05, 0) is 58.7 Å². The Bertz CT molecular complexity index is 2130. The first-order valence-corrected chi connectivity index (χ1v) is 17.6. The number of nitrogen functional groups attached to an aromatic ring is 1. The molecular weight excluding hydrogens is 686 g/mol. The molecule has 4 heterocycles. The quantitative estimate of drug-likeness (QED) is 0.170. The van der Waals surface area contributed by atoms with E-state index in [2.05, 4.69) is 4.99 Å². The smallest absolute Gasteiger partial charge is 0.260 e. The van der Waals surface area contributed by atoms with Gasteiger partial charge < -0.3 is 39.2 Å². The van der Waals surface area contributed by atoms with Crippen LogP contribution in [-0.2, 0) is 14.3 Å². The second-order valence-corrected chi connectivity index (χ2v) is 12.9. The highest BCUT2D eigenvalue weighted by Gasteiger charge is 2.33. The van der Waals surface area contributed by atoms with Gasteiger partial charge in [0, 0.05) is 74.2 Å². The molecular formula is C42H41N5O7. The molecule has 0 unspecified atom stereocenters. The fraction of sp³-hybridized carbons (Fsp3) is 0.238. The number of ether oxygens (including phenoxy) is 5. The number of carbonyl (C=O) groups is 2. The number of rotatable bonds is 11. The van der Waals surface area contributed by atoms with Crippen molar-refractivity contribution in [2.75, 3.05) is 40.3 Å². The number of benzene rings is 3. The Hall–Kier alpha value is -6.56. The van der Waals surface area contributed by atoms with Crippen molar-refractivity contribution in [1.82, 2.24) is 9.80 Å². The van der Waals surface area contributed by atoms with Gasteiger partial charge in [0.1, 0.15) is 5.75 Å². The Morgan fingerprint density at radius 1 is 0.722 bits per heavy atom. The van der Waals surface area contributed by atoms with E-state index < -0.39 is 0 Å². The van der Waals surface area contributed by atoms with Crippen molar-refractivity contribution in [2.24, 2.45) is 9.98 Å². The van der Waals surface area contributed by atoms with E-state index in [0.29, 0.717) is 65.8 Å². The van der Waals surface area contributed by atoms with Crippen molar-refractivity contribution in [2.45, 2.75) is 31.3 Å². The van der Waals surface area contributed by atoms with Gasteiger partial charge in [-0.25, -0.2) is 0 Å². The third-order valence-corrected chi connectivity index (χ3v) is 9.51. The average molecular weight is 728 g/mol. The lowest BCUT2D eigenvalue weighted by Crippen LogP contribution is -2.32. The van der Waals surface area contributed by atoms with Gasteiger partial charge in [0.2, 0.25) is 0 Å². The van der Waals surface area contributed by atoms with Crippen LogP contribution in [0.25, 0.3) is 11.1 Å². The van der Waals surface area contributed by atoms with Crippen LogP contribution in [0.5, 0.6) is 17.2 Å². The molecule has 2 N–H and O–H groups in total. The number of nitrogens with two attached hydrogens (primary N) is 1. The molecule has 0 radical (unpaired) electrons. The zero-order chi connectivity index (χ0) is 37.6. The second kappa shape index (κ2) is 16.0. The Morgan fingerprint density at radius 2 is 1.41 bits per heavy atom. The van der Waals surface area contributed by atoms with Gasteiger partial charge in [-0.3, -0.25) is 19.6 Å². The van der Waals surface area contributed by atoms with Crippen LogP contribution in [0.15, 0.2) is 119 Å². The summed E-state index contributed by atoms with van der Waals surface area (Å²) in [6.07, 6.45) is 15.5. The van der Waals surface area contributed by atoms with Crippen LogP contribution in [0.4, 0.5) is 11.4 Å². The van der Waals surface area contributed by atoms with Crippen LogP contribution in [-0.4, -0.2) is 80.7 Å². The largest absolute Gasteiger partial charge is 0.497 e. The fourth-order valence-electron chi connectivity index (χ4n) is 6.63. The van der Waals surface area contributed by atoms with Crippen molar-refractivity contribution in [3.05, 3.63) is 126 Å². The number of hydrogen-bond acceptors (Lipinski definition) is 10. The van der Waals surface area contributed by atoms with Gasteiger partial charge in [0.25, 0.3) is 11.8 Å². The van der Waals surface area contributed by atoms with Crippen LogP contribution in [0.2, 0.25) is 0 Å². The molecule has 2 amide bonds. The van der Waals surface area contributed by atoms with E-state index in [0.717, 1.165) is 28.0 Å². The van der Waals surface area contributed by atoms with Crippen molar-refractivity contribution in [1.29, 1.82) is 0 Å². The first kappa shape index (κ1) is 35.8. The molecule has 4 aliphatic heterocycles. The Kier molecular flexibility index (Phi) is 10.6. The molecule has 0 fully saturated rings. The topological polar surface area (TPSA) is 138 Å².